The van der Waals surface area contributed by atoms with Gasteiger partial charge < -0.3 is 30.5 Å². The van der Waals surface area contributed by atoms with Crippen LogP contribution in [0.25, 0.3) is 11.1 Å². The fourth-order valence-corrected chi connectivity index (χ4v) is 6.85. The Bertz CT molecular complexity index is 1800. The number of benzene rings is 2. The van der Waals surface area contributed by atoms with E-state index in [1.165, 1.54) is 17.8 Å². The maximum absolute atomic E-state index is 14.3. The van der Waals surface area contributed by atoms with Gasteiger partial charge in [0.25, 0.3) is 5.91 Å². The van der Waals surface area contributed by atoms with Gasteiger partial charge in [0.15, 0.2) is 0 Å². The molecular formula is C38H41F2N7O3. The van der Waals surface area contributed by atoms with Crippen molar-refractivity contribution in [2.45, 2.75) is 50.2 Å². The Morgan fingerprint density at radius 3 is 2.46 bits per heavy atom. The summed E-state index contributed by atoms with van der Waals surface area (Å²) in [5.41, 5.74) is 3.28. The van der Waals surface area contributed by atoms with Crippen LogP contribution in [-0.2, 0) is 11.2 Å². The molecule has 3 aliphatic heterocycles. The lowest BCUT2D eigenvalue weighted by Crippen LogP contribution is -2.46. The topological polar surface area (TPSA) is 111 Å². The molecule has 4 heterocycles. The summed E-state index contributed by atoms with van der Waals surface area (Å²) in [5, 5.41) is 9.46. The van der Waals surface area contributed by atoms with E-state index in [-0.39, 0.29) is 35.3 Å². The minimum Gasteiger partial charge on any atom is -0.438 e. The molecule has 50 heavy (non-hydrogen) atoms. The molecule has 2 amide bonds. The Kier molecular flexibility index (Phi) is 10.3. The summed E-state index contributed by atoms with van der Waals surface area (Å²) in [5.74, 6) is -0.612. The fraction of sp³-hybridized carbons (Fsp3) is 0.368. The number of hydrogen-bond acceptors (Lipinski definition) is 8. The summed E-state index contributed by atoms with van der Waals surface area (Å²) in [7, 11) is 0. The van der Waals surface area contributed by atoms with Gasteiger partial charge in [0.05, 0.1) is 12.7 Å². The van der Waals surface area contributed by atoms with Crippen molar-refractivity contribution in [3.8, 4) is 22.8 Å². The van der Waals surface area contributed by atoms with Crippen molar-refractivity contribution in [3.05, 3.63) is 102 Å². The summed E-state index contributed by atoms with van der Waals surface area (Å²) >= 11 is 0. The van der Waals surface area contributed by atoms with E-state index in [2.05, 4.69) is 55.1 Å². The number of nitrogens with zero attached hydrogens (tertiary/aromatic N) is 4. The summed E-state index contributed by atoms with van der Waals surface area (Å²) in [4.78, 5) is 38.9. The average molecular weight is 682 g/mol. The van der Waals surface area contributed by atoms with E-state index in [0.29, 0.717) is 43.8 Å². The molecule has 2 fully saturated rings. The standard InChI is InChI=1S/C38H41F2N7O3/c39-28-8-13-35-45-34(24-47(35)23-28)37(49)44-31-11-9-30(10-12-31)43-36(48)33-21-29(40)22-42-38(33)50-32-3-1-2-27(20-32)26-6-4-25(5-7-26)14-17-46-18-15-41-16-19-46/h1-8,13,20-23,30-31,34,41H,9-12,14-19,24H2,(H,43,48)(H,44,49)/t30-,31+,34?. The van der Waals surface area contributed by atoms with Crippen molar-refractivity contribution in [3.63, 3.8) is 0 Å². The predicted molar refractivity (Wildman–Crippen MR) is 187 cm³/mol. The summed E-state index contributed by atoms with van der Waals surface area (Å²) in [6.45, 7) is 5.59. The molecule has 1 saturated carbocycles. The number of allylic oxidation sites excluding steroid dienone is 2. The van der Waals surface area contributed by atoms with Gasteiger partial charge in [-0.1, -0.05) is 36.4 Å². The Morgan fingerprint density at radius 1 is 0.920 bits per heavy atom. The quantitative estimate of drug-likeness (QED) is 0.284. The second-order valence-corrected chi connectivity index (χ2v) is 13.2. The molecule has 12 heteroatoms. The fourth-order valence-electron chi connectivity index (χ4n) is 6.85. The highest BCUT2D eigenvalue weighted by molar-refractivity contribution is 6.00. The maximum atomic E-state index is 14.3. The molecule has 0 bridgehead atoms. The van der Waals surface area contributed by atoms with E-state index in [9.17, 15) is 18.4 Å². The molecular weight excluding hydrogens is 640 g/mol. The number of carbonyl (C=O) groups excluding carboxylic acids is 2. The molecule has 0 spiro atoms. The number of carbonyl (C=O) groups is 2. The minimum absolute atomic E-state index is 0.0102. The second kappa shape index (κ2) is 15.3. The Labute approximate surface area is 290 Å². The molecule has 3 N–H and O–H groups in total. The number of piperazine rings is 1. The summed E-state index contributed by atoms with van der Waals surface area (Å²) in [6.07, 6.45) is 8.85. The molecule has 1 aliphatic carbocycles. The van der Waals surface area contributed by atoms with E-state index >= 15 is 0 Å². The van der Waals surface area contributed by atoms with E-state index < -0.39 is 17.8 Å². The zero-order chi connectivity index (χ0) is 34.5. The minimum atomic E-state index is -0.639. The van der Waals surface area contributed by atoms with Gasteiger partial charge in [0.2, 0.25) is 11.8 Å². The summed E-state index contributed by atoms with van der Waals surface area (Å²) in [6, 6.07) is 16.4. The normalized spacial score (nSPS) is 22.0. The van der Waals surface area contributed by atoms with Crippen LogP contribution in [-0.4, -0.2) is 89.8 Å². The van der Waals surface area contributed by atoms with Crippen LogP contribution < -0.4 is 20.7 Å². The van der Waals surface area contributed by atoms with Crippen molar-refractivity contribution < 1.29 is 23.1 Å². The molecule has 260 valence electrons. The number of nitrogens with one attached hydrogen (secondary N) is 3. The first-order chi connectivity index (χ1) is 24.4. The zero-order valence-electron chi connectivity index (χ0n) is 27.8. The van der Waals surface area contributed by atoms with E-state index in [1.54, 1.807) is 17.0 Å². The molecule has 1 unspecified atom stereocenters. The highest BCUT2D eigenvalue weighted by Gasteiger charge is 2.32. The van der Waals surface area contributed by atoms with Crippen molar-refractivity contribution in [2.75, 3.05) is 39.3 Å². The van der Waals surface area contributed by atoms with Crippen LogP contribution in [0.15, 0.2) is 90.0 Å². The van der Waals surface area contributed by atoms with Crippen LogP contribution in [0.2, 0.25) is 0 Å². The van der Waals surface area contributed by atoms with Crippen LogP contribution in [0.1, 0.15) is 41.6 Å². The first-order valence-corrected chi connectivity index (χ1v) is 17.3. The third-order valence-corrected chi connectivity index (χ3v) is 9.66. The van der Waals surface area contributed by atoms with E-state index in [4.69, 9.17) is 4.74 Å². The Hall–Kier alpha value is -4.94. The van der Waals surface area contributed by atoms with Gasteiger partial charge in [0, 0.05) is 51.0 Å². The number of amidine groups is 1. The number of fused-ring (bicyclic) bond motifs is 1. The predicted octanol–water partition coefficient (Wildman–Crippen LogP) is 4.75. The van der Waals surface area contributed by atoms with Gasteiger partial charge in [-0.2, -0.15) is 0 Å². The lowest BCUT2D eigenvalue weighted by atomic mass is 9.90. The average Bonchev–Trinajstić information content (AvgIpc) is 3.57. The lowest BCUT2D eigenvalue weighted by molar-refractivity contribution is -0.123. The van der Waals surface area contributed by atoms with Crippen molar-refractivity contribution in [2.24, 2.45) is 4.99 Å². The number of aromatic nitrogens is 1. The molecule has 0 radical (unpaired) electrons. The van der Waals surface area contributed by atoms with Crippen molar-refractivity contribution >= 4 is 17.6 Å². The van der Waals surface area contributed by atoms with Crippen molar-refractivity contribution in [1.82, 2.24) is 30.7 Å². The van der Waals surface area contributed by atoms with E-state index in [0.717, 1.165) is 62.5 Å². The number of rotatable bonds is 10. The Balaban J connectivity index is 0.924. The van der Waals surface area contributed by atoms with Gasteiger partial charge in [-0.3, -0.25) is 14.6 Å². The lowest BCUT2D eigenvalue weighted by Gasteiger charge is -2.30. The van der Waals surface area contributed by atoms with Crippen LogP contribution in [0.5, 0.6) is 11.6 Å². The largest absolute Gasteiger partial charge is 0.438 e. The van der Waals surface area contributed by atoms with Crippen molar-refractivity contribution in [1.29, 1.82) is 0 Å². The van der Waals surface area contributed by atoms with Gasteiger partial charge in [-0.05, 0) is 79.1 Å². The number of amides is 2. The van der Waals surface area contributed by atoms with Gasteiger partial charge in [-0.25, -0.2) is 13.8 Å². The Morgan fingerprint density at radius 2 is 1.68 bits per heavy atom. The molecule has 1 aromatic heterocycles. The number of halogens is 2. The number of ether oxygens (including phenoxy) is 1. The molecule has 3 aromatic rings. The SMILES string of the molecule is O=C(N[C@H]1CC[C@@H](NC(=O)C2CN3C=C(F)C=CC3=N2)CC1)c1cc(F)cnc1Oc1cccc(-c2ccc(CCN3CCNCC3)cc2)c1. The first-order valence-electron chi connectivity index (χ1n) is 17.3. The van der Waals surface area contributed by atoms with Gasteiger partial charge in [-0.15, -0.1) is 0 Å². The first kappa shape index (κ1) is 33.6. The molecule has 7 rings (SSSR count). The van der Waals surface area contributed by atoms with Crippen LogP contribution in [0.3, 0.4) is 0 Å². The highest BCUT2D eigenvalue weighted by Crippen LogP contribution is 2.30. The smallest absolute Gasteiger partial charge is 0.257 e. The number of aliphatic imine (C=N–C) groups is 1. The monoisotopic (exact) mass is 681 g/mol. The molecule has 2 aromatic carbocycles. The molecule has 1 saturated heterocycles. The van der Waals surface area contributed by atoms with Gasteiger partial charge >= 0.3 is 0 Å². The zero-order valence-corrected chi connectivity index (χ0v) is 27.8. The molecule has 1 atom stereocenters. The van der Waals surface area contributed by atoms with Crippen LogP contribution >= 0.6 is 0 Å². The highest BCUT2D eigenvalue weighted by atomic mass is 19.1. The van der Waals surface area contributed by atoms with Crippen LogP contribution in [0.4, 0.5) is 8.78 Å². The molecule has 4 aliphatic rings. The molecule has 10 nitrogen and oxygen atoms in total. The van der Waals surface area contributed by atoms with Gasteiger partial charge in [0.1, 0.15) is 34.8 Å². The second-order valence-electron chi connectivity index (χ2n) is 13.2. The summed E-state index contributed by atoms with van der Waals surface area (Å²) < 4.78 is 34.0. The third kappa shape index (κ3) is 8.26. The third-order valence-electron chi connectivity index (χ3n) is 9.66. The number of pyridine rings is 1. The van der Waals surface area contributed by atoms with Crippen LogP contribution in [0, 0.1) is 5.82 Å². The number of hydrogen-bond donors (Lipinski definition) is 3. The van der Waals surface area contributed by atoms with E-state index in [1.807, 2.05) is 18.2 Å². The maximum Gasteiger partial charge on any atom is 0.257 e.